The summed E-state index contributed by atoms with van der Waals surface area (Å²) in [5.41, 5.74) is 2.29. The first-order valence-corrected chi connectivity index (χ1v) is 11.6. The first-order chi connectivity index (χ1) is 17.8. The number of rotatable bonds is 8. The van der Waals surface area contributed by atoms with Crippen LogP contribution in [0, 0.1) is 5.82 Å². The van der Waals surface area contributed by atoms with Crippen molar-refractivity contribution in [1.29, 1.82) is 0 Å². The number of methoxy groups -OCH3 is 4. The van der Waals surface area contributed by atoms with Gasteiger partial charge in [-0.05, 0) is 53.1 Å². The highest BCUT2D eigenvalue weighted by Crippen LogP contribution is 2.46. The van der Waals surface area contributed by atoms with E-state index >= 15 is 0 Å². The van der Waals surface area contributed by atoms with E-state index in [2.05, 4.69) is 5.32 Å². The fourth-order valence-electron chi connectivity index (χ4n) is 4.69. The number of amides is 2. The molecule has 1 aliphatic rings. The van der Waals surface area contributed by atoms with Crippen molar-refractivity contribution in [1.82, 2.24) is 10.2 Å². The van der Waals surface area contributed by atoms with Gasteiger partial charge in [-0.1, -0.05) is 18.2 Å². The second kappa shape index (κ2) is 10.8. The second-order valence-electron chi connectivity index (χ2n) is 8.59. The molecule has 3 aromatic rings. The van der Waals surface area contributed by atoms with Crippen molar-refractivity contribution < 1.29 is 32.9 Å². The van der Waals surface area contributed by atoms with E-state index in [0.29, 0.717) is 39.7 Å². The maximum atomic E-state index is 13.8. The Morgan fingerprint density at radius 2 is 1.46 bits per heavy atom. The van der Waals surface area contributed by atoms with E-state index in [9.17, 15) is 14.0 Å². The van der Waals surface area contributed by atoms with Crippen molar-refractivity contribution in [2.75, 3.05) is 35.5 Å². The standard InChI is InChI=1S/C28H29FN2O6/c1-31-26(17-8-11-21(34-2)22(12-17)35-3)25(27(32)30-15-16-6-9-18(29)10-7-16)19-13-23(36-4)24(37-5)14-20(19)28(31)33/h6-14,25-26H,15H2,1-5H3,(H,30,32)/t25-,26-/m0/s1. The fraction of sp³-hybridized carbons (Fsp3) is 0.286. The highest BCUT2D eigenvalue weighted by Gasteiger charge is 2.43. The van der Waals surface area contributed by atoms with Crippen molar-refractivity contribution in [3.05, 3.63) is 82.7 Å². The summed E-state index contributed by atoms with van der Waals surface area (Å²) in [6.45, 7) is 0.189. The largest absolute Gasteiger partial charge is 0.493 e. The number of hydrogen-bond donors (Lipinski definition) is 1. The van der Waals surface area contributed by atoms with Gasteiger partial charge in [0.15, 0.2) is 23.0 Å². The van der Waals surface area contributed by atoms with Crippen LogP contribution in [0.4, 0.5) is 4.39 Å². The number of benzene rings is 3. The van der Waals surface area contributed by atoms with Gasteiger partial charge in [0.05, 0.1) is 40.4 Å². The highest BCUT2D eigenvalue weighted by atomic mass is 19.1. The normalized spacial score (nSPS) is 16.6. The van der Waals surface area contributed by atoms with Gasteiger partial charge in [-0.15, -0.1) is 0 Å². The third-order valence-electron chi connectivity index (χ3n) is 6.59. The molecular formula is C28H29FN2O6. The molecule has 2 amide bonds. The molecule has 0 aliphatic carbocycles. The van der Waals surface area contributed by atoms with Crippen molar-refractivity contribution in [2.45, 2.75) is 18.5 Å². The molecule has 2 atom stereocenters. The second-order valence-corrected chi connectivity index (χ2v) is 8.59. The summed E-state index contributed by atoms with van der Waals surface area (Å²) in [6.07, 6.45) is 0. The Kier molecular flexibility index (Phi) is 7.52. The number of hydrogen-bond acceptors (Lipinski definition) is 6. The zero-order chi connectivity index (χ0) is 26.7. The van der Waals surface area contributed by atoms with Gasteiger partial charge in [0.1, 0.15) is 5.82 Å². The van der Waals surface area contributed by atoms with Crippen molar-refractivity contribution in [3.8, 4) is 23.0 Å². The summed E-state index contributed by atoms with van der Waals surface area (Å²) in [6, 6.07) is 13.8. The lowest BCUT2D eigenvalue weighted by Crippen LogP contribution is -2.45. The minimum Gasteiger partial charge on any atom is -0.493 e. The Balaban J connectivity index is 1.82. The zero-order valence-corrected chi connectivity index (χ0v) is 21.3. The van der Waals surface area contributed by atoms with Crippen LogP contribution in [0.15, 0.2) is 54.6 Å². The molecule has 0 aromatic heterocycles. The topological polar surface area (TPSA) is 86.3 Å². The van der Waals surface area contributed by atoms with Crippen molar-refractivity contribution in [3.63, 3.8) is 0 Å². The number of carbonyl (C=O) groups is 2. The molecule has 3 aromatic carbocycles. The lowest BCUT2D eigenvalue weighted by molar-refractivity contribution is -0.124. The van der Waals surface area contributed by atoms with Gasteiger partial charge in [0.25, 0.3) is 5.91 Å². The lowest BCUT2D eigenvalue weighted by Gasteiger charge is -2.40. The van der Waals surface area contributed by atoms with Gasteiger partial charge in [0.2, 0.25) is 5.91 Å². The Bertz CT molecular complexity index is 1310. The molecule has 0 fully saturated rings. The molecule has 4 rings (SSSR count). The molecule has 1 aliphatic heterocycles. The fourth-order valence-corrected chi connectivity index (χ4v) is 4.69. The Hall–Kier alpha value is -4.27. The number of likely N-dealkylation sites (N-methyl/N-ethyl adjacent to an activating group) is 1. The summed E-state index contributed by atoms with van der Waals surface area (Å²) < 4.78 is 35.1. The maximum Gasteiger partial charge on any atom is 0.254 e. The predicted molar refractivity (Wildman–Crippen MR) is 135 cm³/mol. The number of carbonyl (C=O) groups excluding carboxylic acids is 2. The van der Waals surface area contributed by atoms with Crippen molar-refractivity contribution in [2.24, 2.45) is 0 Å². The average molecular weight is 509 g/mol. The van der Waals surface area contributed by atoms with E-state index in [1.807, 2.05) is 6.07 Å². The van der Waals surface area contributed by atoms with Crippen LogP contribution in [-0.2, 0) is 11.3 Å². The van der Waals surface area contributed by atoms with E-state index in [1.54, 1.807) is 43.4 Å². The molecule has 37 heavy (non-hydrogen) atoms. The number of nitrogens with zero attached hydrogens (tertiary/aromatic N) is 1. The van der Waals surface area contributed by atoms with E-state index in [4.69, 9.17) is 18.9 Å². The molecule has 1 N–H and O–H groups in total. The summed E-state index contributed by atoms with van der Waals surface area (Å²) in [5, 5.41) is 2.95. The Labute approximate surface area is 214 Å². The first-order valence-electron chi connectivity index (χ1n) is 11.6. The monoisotopic (exact) mass is 508 g/mol. The van der Waals surface area contributed by atoms with Crippen LogP contribution in [0.25, 0.3) is 0 Å². The van der Waals surface area contributed by atoms with Crippen LogP contribution in [0.2, 0.25) is 0 Å². The smallest absolute Gasteiger partial charge is 0.254 e. The molecular weight excluding hydrogens is 479 g/mol. The molecule has 0 radical (unpaired) electrons. The van der Waals surface area contributed by atoms with Gasteiger partial charge >= 0.3 is 0 Å². The molecule has 8 nitrogen and oxygen atoms in total. The average Bonchev–Trinajstić information content (AvgIpc) is 2.93. The number of halogens is 1. The zero-order valence-electron chi connectivity index (χ0n) is 21.3. The molecule has 0 unspecified atom stereocenters. The summed E-state index contributed by atoms with van der Waals surface area (Å²) >= 11 is 0. The SMILES string of the molecule is COc1ccc([C@H]2[C@@H](C(=O)NCc3ccc(F)cc3)c3cc(OC)c(OC)cc3C(=O)N2C)cc1OC. The van der Waals surface area contributed by atoms with Crippen LogP contribution < -0.4 is 24.3 Å². The number of fused-ring (bicyclic) bond motifs is 1. The molecule has 0 bridgehead atoms. The molecule has 9 heteroatoms. The van der Waals surface area contributed by atoms with Crippen LogP contribution in [-0.4, -0.2) is 52.2 Å². The van der Waals surface area contributed by atoms with E-state index < -0.39 is 12.0 Å². The van der Waals surface area contributed by atoms with Gasteiger partial charge in [0, 0.05) is 19.2 Å². The summed E-state index contributed by atoms with van der Waals surface area (Å²) in [5.74, 6) is 0.0703. The summed E-state index contributed by atoms with van der Waals surface area (Å²) in [7, 11) is 7.70. The lowest BCUT2D eigenvalue weighted by atomic mass is 9.79. The van der Waals surface area contributed by atoms with E-state index in [0.717, 1.165) is 5.56 Å². The maximum absolute atomic E-state index is 13.8. The molecule has 1 heterocycles. The minimum atomic E-state index is -0.795. The van der Waals surface area contributed by atoms with Crippen LogP contribution in [0.3, 0.4) is 0 Å². The Morgan fingerprint density at radius 1 is 0.865 bits per heavy atom. The molecule has 0 spiro atoms. The number of nitrogens with one attached hydrogen (secondary N) is 1. The Morgan fingerprint density at radius 3 is 2.08 bits per heavy atom. The third-order valence-corrected chi connectivity index (χ3v) is 6.59. The van der Waals surface area contributed by atoms with Gasteiger partial charge in [-0.2, -0.15) is 0 Å². The molecule has 0 saturated heterocycles. The van der Waals surface area contributed by atoms with Gasteiger partial charge in [-0.25, -0.2) is 4.39 Å². The highest BCUT2D eigenvalue weighted by molar-refractivity contribution is 6.02. The number of ether oxygens (including phenoxy) is 4. The molecule has 0 saturated carbocycles. The predicted octanol–water partition coefficient (Wildman–Crippen LogP) is 4.09. The third kappa shape index (κ3) is 4.89. The van der Waals surface area contributed by atoms with Crippen molar-refractivity contribution >= 4 is 11.8 Å². The quantitative estimate of drug-likeness (QED) is 0.494. The van der Waals surface area contributed by atoms with E-state index in [1.165, 1.54) is 45.5 Å². The molecule has 194 valence electrons. The van der Waals surface area contributed by atoms with Crippen LogP contribution in [0.1, 0.15) is 39.0 Å². The van der Waals surface area contributed by atoms with Crippen LogP contribution >= 0.6 is 0 Å². The van der Waals surface area contributed by atoms with Gasteiger partial charge < -0.3 is 29.2 Å². The summed E-state index contributed by atoms with van der Waals surface area (Å²) in [4.78, 5) is 28.9. The first kappa shape index (κ1) is 25.8. The van der Waals surface area contributed by atoms with Gasteiger partial charge in [-0.3, -0.25) is 9.59 Å². The van der Waals surface area contributed by atoms with E-state index in [-0.39, 0.29) is 24.2 Å². The minimum absolute atomic E-state index is 0.189. The van der Waals surface area contributed by atoms with Crippen LogP contribution in [0.5, 0.6) is 23.0 Å².